The summed E-state index contributed by atoms with van der Waals surface area (Å²) in [4.78, 5) is 0. The molecule has 0 bridgehead atoms. The molecule has 0 aliphatic carbocycles. The Hall–Kier alpha value is -1.81. The molecule has 2 rings (SSSR count). The van der Waals surface area contributed by atoms with Crippen molar-refractivity contribution in [2.75, 3.05) is 7.11 Å². The van der Waals surface area contributed by atoms with E-state index in [4.69, 9.17) is 10.5 Å². The van der Waals surface area contributed by atoms with E-state index in [9.17, 15) is 0 Å². The molecule has 0 fully saturated rings. The number of aromatic nitrogens is 2. The fourth-order valence-corrected chi connectivity index (χ4v) is 2.26. The summed E-state index contributed by atoms with van der Waals surface area (Å²) in [7, 11) is 3.61. The van der Waals surface area contributed by atoms with E-state index in [1.807, 2.05) is 31.6 Å². The molecule has 18 heavy (non-hydrogen) atoms. The number of benzene rings is 1. The van der Waals surface area contributed by atoms with E-state index in [2.05, 4.69) is 17.2 Å². The molecule has 0 aliphatic heterocycles. The average Bonchev–Trinajstić information content (AvgIpc) is 2.70. The van der Waals surface area contributed by atoms with Crippen LogP contribution in [0.5, 0.6) is 5.75 Å². The van der Waals surface area contributed by atoms with E-state index in [0.29, 0.717) is 6.54 Å². The maximum Gasteiger partial charge on any atom is 0.124 e. The summed E-state index contributed by atoms with van der Waals surface area (Å²) in [6.45, 7) is 4.59. The molecule has 2 N–H and O–H groups in total. The Morgan fingerprint density at radius 2 is 1.83 bits per heavy atom. The highest BCUT2D eigenvalue weighted by Gasteiger charge is 2.10. The minimum absolute atomic E-state index is 0.498. The maximum absolute atomic E-state index is 5.67. The molecule has 0 spiro atoms. The van der Waals surface area contributed by atoms with Crippen LogP contribution in [0.3, 0.4) is 0 Å². The van der Waals surface area contributed by atoms with Gasteiger partial charge in [-0.25, -0.2) is 0 Å². The van der Waals surface area contributed by atoms with Crippen molar-refractivity contribution in [2.45, 2.75) is 20.4 Å². The van der Waals surface area contributed by atoms with Gasteiger partial charge in [-0.2, -0.15) is 5.10 Å². The Morgan fingerprint density at radius 1 is 1.22 bits per heavy atom. The second-order valence-corrected chi connectivity index (χ2v) is 4.49. The summed E-state index contributed by atoms with van der Waals surface area (Å²) in [5, 5.41) is 4.49. The lowest BCUT2D eigenvalue weighted by molar-refractivity contribution is 0.408. The van der Waals surface area contributed by atoms with Crippen molar-refractivity contribution in [1.29, 1.82) is 0 Å². The number of rotatable bonds is 3. The zero-order valence-corrected chi connectivity index (χ0v) is 11.3. The van der Waals surface area contributed by atoms with Gasteiger partial charge < -0.3 is 10.5 Å². The molecule has 0 saturated carbocycles. The van der Waals surface area contributed by atoms with Crippen LogP contribution in [0.15, 0.2) is 18.2 Å². The third-order valence-corrected chi connectivity index (χ3v) is 3.15. The SMILES string of the molecule is COc1c(C)cc(-c2cc(CN)n(C)n2)cc1C. The number of nitrogens with zero attached hydrogens (tertiary/aromatic N) is 2. The van der Waals surface area contributed by atoms with Gasteiger partial charge in [-0.05, 0) is 43.2 Å². The van der Waals surface area contributed by atoms with Gasteiger partial charge in [0.1, 0.15) is 5.75 Å². The highest BCUT2D eigenvalue weighted by Crippen LogP contribution is 2.29. The fourth-order valence-electron chi connectivity index (χ4n) is 2.26. The van der Waals surface area contributed by atoms with Gasteiger partial charge in [0, 0.05) is 19.2 Å². The van der Waals surface area contributed by atoms with Gasteiger partial charge in [-0.1, -0.05) is 0 Å². The molecule has 96 valence electrons. The van der Waals surface area contributed by atoms with Crippen molar-refractivity contribution in [1.82, 2.24) is 9.78 Å². The monoisotopic (exact) mass is 245 g/mol. The normalized spacial score (nSPS) is 10.7. The van der Waals surface area contributed by atoms with E-state index in [1.54, 1.807) is 7.11 Å². The molecule has 4 heteroatoms. The third kappa shape index (κ3) is 2.11. The van der Waals surface area contributed by atoms with Gasteiger partial charge in [-0.15, -0.1) is 0 Å². The smallest absolute Gasteiger partial charge is 0.124 e. The molecule has 1 heterocycles. The van der Waals surface area contributed by atoms with Crippen LogP contribution >= 0.6 is 0 Å². The molecule has 1 aromatic carbocycles. The number of methoxy groups -OCH3 is 1. The Labute approximate surface area is 107 Å². The van der Waals surface area contributed by atoms with E-state index in [-0.39, 0.29) is 0 Å². The van der Waals surface area contributed by atoms with Crippen LogP contribution in [0, 0.1) is 13.8 Å². The maximum atomic E-state index is 5.67. The van der Waals surface area contributed by atoms with E-state index in [0.717, 1.165) is 33.8 Å². The van der Waals surface area contributed by atoms with Crippen molar-refractivity contribution in [3.63, 3.8) is 0 Å². The Bertz CT molecular complexity index is 549. The summed E-state index contributed by atoms with van der Waals surface area (Å²) in [5.41, 5.74) is 11.0. The lowest BCUT2D eigenvalue weighted by Gasteiger charge is -2.10. The zero-order valence-electron chi connectivity index (χ0n) is 11.3. The second-order valence-electron chi connectivity index (χ2n) is 4.49. The van der Waals surface area contributed by atoms with Crippen LogP contribution in [0.4, 0.5) is 0 Å². The molecule has 1 aromatic heterocycles. The Morgan fingerprint density at radius 3 is 2.28 bits per heavy atom. The van der Waals surface area contributed by atoms with Crippen LogP contribution in [-0.2, 0) is 13.6 Å². The number of hydrogen-bond donors (Lipinski definition) is 1. The van der Waals surface area contributed by atoms with Crippen molar-refractivity contribution in [3.05, 3.63) is 35.0 Å². The van der Waals surface area contributed by atoms with Gasteiger partial charge in [-0.3, -0.25) is 4.68 Å². The van der Waals surface area contributed by atoms with Gasteiger partial charge in [0.05, 0.1) is 18.5 Å². The van der Waals surface area contributed by atoms with E-state index >= 15 is 0 Å². The highest BCUT2D eigenvalue weighted by molar-refractivity contribution is 5.64. The highest BCUT2D eigenvalue weighted by atomic mass is 16.5. The summed E-state index contributed by atoms with van der Waals surface area (Å²) in [5.74, 6) is 0.939. The molecule has 0 radical (unpaired) electrons. The summed E-state index contributed by atoms with van der Waals surface area (Å²) >= 11 is 0. The van der Waals surface area contributed by atoms with Crippen molar-refractivity contribution in [2.24, 2.45) is 12.8 Å². The first-order valence-electron chi connectivity index (χ1n) is 5.95. The molecule has 0 unspecified atom stereocenters. The number of aryl methyl sites for hydroxylation is 3. The first-order valence-corrected chi connectivity index (χ1v) is 5.95. The Kier molecular flexibility index (Phi) is 3.39. The molecule has 2 aromatic rings. The summed E-state index contributed by atoms with van der Waals surface area (Å²) in [6, 6.07) is 6.21. The molecule has 4 nitrogen and oxygen atoms in total. The lowest BCUT2D eigenvalue weighted by Crippen LogP contribution is -2.03. The number of ether oxygens (including phenoxy) is 1. The predicted octanol–water partition coefficient (Wildman–Crippen LogP) is 2.17. The van der Waals surface area contributed by atoms with E-state index < -0.39 is 0 Å². The van der Waals surface area contributed by atoms with Crippen LogP contribution in [0.25, 0.3) is 11.3 Å². The van der Waals surface area contributed by atoms with E-state index in [1.165, 1.54) is 0 Å². The van der Waals surface area contributed by atoms with Crippen LogP contribution < -0.4 is 10.5 Å². The molecule has 0 amide bonds. The third-order valence-electron chi connectivity index (χ3n) is 3.15. The largest absolute Gasteiger partial charge is 0.496 e. The van der Waals surface area contributed by atoms with Crippen LogP contribution in [-0.4, -0.2) is 16.9 Å². The number of nitrogens with two attached hydrogens (primary N) is 1. The minimum atomic E-state index is 0.498. The molecule has 0 atom stereocenters. The predicted molar refractivity (Wildman–Crippen MR) is 72.6 cm³/mol. The lowest BCUT2D eigenvalue weighted by atomic mass is 10.0. The van der Waals surface area contributed by atoms with Crippen LogP contribution in [0.2, 0.25) is 0 Å². The van der Waals surface area contributed by atoms with Crippen LogP contribution in [0.1, 0.15) is 16.8 Å². The summed E-state index contributed by atoms with van der Waals surface area (Å²) in [6.07, 6.45) is 0. The Balaban J connectivity index is 2.51. The van der Waals surface area contributed by atoms with Crippen molar-refractivity contribution in [3.8, 4) is 17.0 Å². The zero-order chi connectivity index (χ0) is 13.3. The number of hydrogen-bond acceptors (Lipinski definition) is 3. The average molecular weight is 245 g/mol. The fraction of sp³-hybridized carbons (Fsp3) is 0.357. The topological polar surface area (TPSA) is 53.1 Å². The standard InChI is InChI=1S/C14H19N3O/c1-9-5-11(6-10(2)14(9)18-4)13-7-12(8-15)17(3)16-13/h5-7H,8,15H2,1-4H3. The molecule has 0 aliphatic rings. The quantitative estimate of drug-likeness (QED) is 0.901. The first kappa shape index (κ1) is 12.6. The molecular formula is C14H19N3O. The first-order chi connectivity index (χ1) is 8.56. The molecular weight excluding hydrogens is 226 g/mol. The van der Waals surface area contributed by atoms with Gasteiger partial charge in [0.2, 0.25) is 0 Å². The summed E-state index contributed by atoms with van der Waals surface area (Å²) < 4.78 is 7.19. The molecule has 0 saturated heterocycles. The second kappa shape index (κ2) is 4.82. The van der Waals surface area contributed by atoms with Gasteiger partial charge in [0.25, 0.3) is 0 Å². The van der Waals surface area contributed by atoms with Crippen molar-refractivity contribution < 1.29 is 4.74 Å². The van der Waals surface area contributed by atoms with Gasteiger partial charge in [0.15, 0.2) is 0 Å². The minimum Gasteiger partial charge on any atom is -0.496 e. The van der Waals surface area contributed by atoms with Gasteiger partial charge >= 0.3 is 0 Å². The van der Waals surface area contributed by atoms with Crippen molar-refractivity contribution >= 4 is 0 Å².